The summed E-state index contributed by atoms with van der Waals surface area (Å²) in [6, 6.07) is 5.53. The number of amides is 1. The Morgan fingerprint density at radius 2 is 2.00 bits per heavy atom. The summed E-state index contributed by atoms with van der Waals surface area (Å²) in [6.07, 6.45) is 0. The van der Waals surface area contributed by atoms with E-state index in [1.807, 2.05) is 34.9 Å². The van der Waals surface area contributed by atoms with Crippen LogP contribution in [-0.4, -0.2) is 41.5 Å². The van der Waals surface area contributed by atoms with Crippen LogP contribution in [0.5, 0.6) is 5.75 Å². The van der Waals surface area contributed by atoms with Crippen LogP contribution >= 0.6 is 27.7 Å². The molecule has 19 heavy (non-hydrogen) atoms. The molecule has 1 aromatic carbocycles. The Bertz CT molecular complexity index is 471. The van der Waals surface area contributed by atoms with Crippen LogP contribution in [-0.2, 0) is 0 Å². The maximum Gasteiger partial charge on any atom is 0.257 e. The predicted octanol–water partition coefficient (Wildman–Crippen LogP) is 3.42. The first kappa shape index (κ1) is 14.7. The van der Waals surface area contributed by atoms with Crippen molar-refractivity contribution < 1.29 is 9.53 Å². The number of halogens is 1. The minimum Gasteiger partial charge on any atom is -0.496 e. The largest absolute Gasteiger partial charge is 0.496 e. The van der Waals surface area contributed by atoms with Gasteiger partial charge in [0.2, 0.25) is 0 Å². The molecule has 0 spiro atoms. The topological polar surface area (TPSA) is 29.5 Å². The number of hydrogen-bond acceptors (Lipinski definition) is 3. The zero-order chi connectivity index (χ0) is 14.0. The number of methoxy groups -OCH3 is 1. The molecular weight excluding hydrogens is 326 g/mol. The van der Waals surface area contributed by atoms with Gasteiger partial charge in [-0.3, -0.25) is 4.79 Å². The summed E-state index contributed by atoms with van der Waals surface area (Å²) in [6.45, 7) is 5.93. The zero-order valence-corrected chi connectivity index (χ0v) is 13.8. The molecule has 0 aliphatic carbocycles. The van der Waals surface area contributed by atoms with Crippen molar-refractivity contribution >= 4 is 33.6 Å². The van der Waals surface area contributed by atoms with Crippen molar-refractivity contribution in [2.24, 2.45) is 0 Å². The number of thioether (sulfide) groups is 1. The van der Waals surface area contributed by atoms with E-state index in [9.17, 15) is 4.79 Å². The van der Waals surface area contributed by atoms with Gasteiger partial charge in [-0.2, -0.15) is 11.8 Å². The van der Waals surface area contributed by atoms with Crippen molar-refractivity contribution in [3.63, 3.8) is 0 Å². The predicted molar refractivity (Wildman–Crippen MR) is 83.1 cm³/mol. The lowest BCUT2D eigenvalue weighted by atomic mass is 10.1. The summed E-state index contributed by atoms with van der Waals surface area (Å²) < 4.78 is 6.22. The molecule has 2 unspecified atom stereocenters. The quantitative estimate of drug-likeness (QED) is 0.823. The van der Waals surface area contributed by atoms with Gasteiger partial charge in [0.15, 0.2) is 0 Å². The van der Waals surface area contributed by atoms with E-state index in [0.717, 1.165) is 17.6 Å². The normalized spacial score (nSPS) is 23.3. The fraction of sp³-hybridized carbons (Fsp3) is 0.500. The molecule has 1 amide bonds. The van der Waals surface area contributed by atoms with Crippen LogP contribution < -0.4 is 4.74 Å². The molecule has 1 aromatic rings. The summed E-state index contributed by atoms with van der Waals surface area (Å²) in [5.41, 5.74) is 0.636. The molecule has 0 aromatic heterocycles. The van der Waals surface area contributed by atoms with Crippen LogP contribution in [0.1, 0.15) is 24.2 Å². The molecule has 0 saturated carbocycles. The highest BCUT2D eigenvalue weighted by Crippen LogP contribution is 2.29. The lowest BCUT2D eigenvalue weighted by molar-refractivity contribution is 0.0750. The minimum absolute atomic E-state index is 0.0587. The van der Waals surface area contributed by atoms with E-state index >= 15 is 0 Å². The van der Waals surface area contributed by atoms with Gasteiger partial charge in [-0.15, -0.1) is 0 Å². The molecule has 1 aliphatic heterocycles. The lowest BCUT2D eigenvalue weighted by Crippen LogP contribution is -2.44. The Morgan fingerprint density at radius 3 is 2.58 bits per heavy atom. The molecule has 1 aliphatic rings. The van der Waals surface area contributed by atoms with Crippen molar-refractivity contribution in [3.8, 4) is 5.75 Å². The molecule has 1 fully saturated rings. The van der Waals surface area contributed by atoms with Gasteiger partial charge in [-0.1, -0.05) is 29.8 Å². The number of hydrogen-bond donors (Lipinski definition) is 0. The van der Waals surface area contributed by atoms with Crippen molar-refractivity contribution in [1.82, 2.24) is 4.90 Å². The fourth-order valence-corrected chi connectivity index (χ4v) is 4.02. The van der Waals surface area contributed by atoms with E-state index in [1.54, 1.807) is 7.11 Å². The smallest absolute Gasteiger partial charge is 0.257 e. The van der Waals surface area contributed by atoms with Crippen LogP contribution in [0.25, 0.3) is 0 Å². The molecule has 1 heterocycles. The number of carbonyl (C=O) groups excluding carboxylic acids is 1. The summed E-state index contributed by atoms with van der Waals surface area (Å²) in [5, 5.41) is 0.961. The van der Waals surface area contributed by atoms with Crippen LogP contribution in [0.3, 0.4) is 0 Å². The summed E-state index contributed by atoms with van der Waals surface area (Å²) in [5.74, 6) is 0.682. The van der Waals surface area contributed by atoms with Crippen LogP contribution in [0.4, 0.5) is 0 Å². The minimum atomic E-state index is 0.0587. The van der Waals surface area contributed by atoms with E-state index in [4.69, 9.17) is 4.74 Å². The average molecular weight is 344 g/mol. The van der Waals surface area contributed by atoms with E-state index in [1.165, 1.54) is 0 Å². The molecule has 104 valence electrons. The van der Waals surface area contributed by atoms with Gasteiger partial charge in [0.05, 0.1) is 12.7 Å². The number of carbonyl (C=O) groups is 1. The first-order valence-electron chi connectivity index (χ1n) is 6.29. The van der Waals surface area contributed by atoms with Crippen molar-refractivity contribution in [3.05, 3.63) is 28.2 Å². The highest BCUT2D eigenvalue weighted by Gasteiger charge is 2.28. The molecule has 1 saturated heterocycles. The Kier molecular flexibility index (Phi) is 4.79. The van der Waals surface area contributed by atoms with Crippen molar-refractivity contribution in [1.29, 1.82) is 0 Å². The second-order valence-electron chi connectivity index (χ2n) is 4.81. The second-order valence-corrected chi connectivity index (χ2v) is 7.61. The summed E-state index contributed by atoms with van der Waals surface area (Å²) in [7, 11) is 1.59. The fourth-order valence-electron chi connectivity index (χ4n) is 2.36. The SMILES string of the molecule is COc1cc(Br)ccc1C(=O)N1CC(C)SC(C)C1. The molecule has 2 rings (SSSR count). The number of benzene rings is 1. The van der Waals surface area contributed by atoms with Gasteiger partial charge < -0.3 is 9.64 Å². The molecule has 0 bridgehead atoms. The third-order valence-corrected chi connectivity index (χ3v) is 4.82. The molecule has 0 radical (unpaired) electrons. The van der Waals surface area contributed by atoms with Crippen LogP contribution in [0.15, 0.2) is 22.7 Å². The molecule has 3 nitrogen and oxygen atoms in total. The Balaban J connectivity index is 2.24. The lowest BCUT2D eigenvalue weighted by Gasteiger charge is -2.34. The zero-order valence-electron chi connectivity index (χ0n) is 11.4. The average Bonchev–Trinajstić information content (AvgIpc) is 2.36. The molecule has 2 atom stereocenters. The maximum absolute atomic E-state index is 12.6. The summed E-state index contributed by atoms with van der Waals surface area (Å²) in [4.78, 5) is 14.5. The van der Waals surface area contributed by atoms with E-state index in [0.29, 0.717) is 21.8 Å². The third kappa shape index (κ3) is 3.45. The van der Waals surface area contributed by atoms with E-state index in [2.05, 4.69) is 29.8 Å². The standard InChI is InChI=1S/C14H18BrNO2S/c1-9-7-16(8-10(2)19-9)14(17)12-5-4-11(15)6-13(12)18-3/h4-6,9-10H,7-8H2,1-3H3. The first-order chi connectivity index (χ1) is 9.01. The van der Waals surface area contributed by atoms with Gasteiger partial charge in [-0.05, 0) is 18.2 Å². The van der Waals surface area contributed by atoms with Crippen molar-refractivity contribution in [2.75, 3.05) is 20.2 Å². The monoisotopic (exact) mass is 343 g/mol. The molecular formula is C14H18BrNO2S. The first-order valence-corrected chi connectivity index (χ1v) is 8.03. The van der Waals surface area contributed by atoms with Gasteiger partial charge in [0.1, 0.15) is 5.75 Å². The summed E-state index contributed by atoms with van der Waals surface area (Å²) >= 11 is 5.33. The van der Waals surface area contributed by atoms with Crippen LogP contribution in [0, 0.1) is 0 Å². The highest BCUT2D eigenvalue weighted by atomic mass is 79.9. The third-order valence-electron chi connectivity index (χ3n) is 3.10. The van der Waals surface area contributed by atoms with Gasteiger partial charge >= 0.3 is 0 Å². The number of nitrogens with zero attached hydrogens (tertiary/aromatic N) is 1. The number of ether oxygens (including phenoxy) is 1. The number of rotatable bonds is 2. The van der Waals surface area contributed by atoms with Crippen LogP contribution in [0.2, 0.25) is 0 Å². The highest BCUT2D eigenvalue weighted by molar-refractivity contribution is 9.10. The Labute approximate surface area is 126 Å². The van der Waals surface area contributed by atoms with E-state index < -0.39 is 0 Å². The second kappa shape index (κ2) is 6.18. The maximum atomic E-state index is 12.6. The molecule has 5 heteroatoms. The Morgan fingerprint density at radius 1 is 1.37 bits per heavy atom. The van der Waals surface area contributed by atoms with E-state index in [-0.39, 0.29) is 5.91 Å². The molecule has 0 N–H and O–H groups in total. The Hall–Kier alpha value is -0.680. The van der Waals surface area contributed by atoms with Gasteiger partial charge in [-0.25, -0.2) is 0 Å². The van der Waals surface area contributed by atoms with Crippen molar-refractivity contribution in [2.45, 2.75) is 24.3 Å². The van der Waals surface area contributed by atoms with Gasteiger partial charge in [0.25, 0.3) is 5.91 Å². The van der Waals surface area contributed by atoms with Gasteiger partial charge in [0, 0.05) is 28.1 Å².